The lowest BCUT2D eigenvalue weighted by Crippen LogP contribution is -2.32. The SMILES string of the molecule is CCN(C)CCNC(=O)c1ccc(C#CCO)c(F)c1. The Morgan fingerprint density at radius 3 is 2.85 bits per heavy atom. The molecule has 0 spiro atoms. The first-order valence-corrected chi connectivity index (χ1v) is 6.44. The van der Waals surface area contributed by atoms with Crippen LogP contribution in [-0.4, -0.2) is 49.2 Å². The molecule has 0 aliphatic rings. The lowest BCUT2D eigenvalue weighted by Gasteiger charge is -2.14. The van der Waals surface area contributed by atoms with Crippen molar-refractivity contribution in [3.05, 3.63) is 35.1 Å². The Labute approximate surface area is 118 Å². The molecule has 4 nitrogen and oxygen atoms in total. The minimum Gasteiger partial charge on any atom is -0.384 e. The minimum absolute atomic E-state index is 0.168. The van der Waals surface area contributed by atoms with Crippen LogP contribution in [0.2, 0.25) is 0 Å². The number of carbonyl (C=O) groups excluding carboxylic acids is 1. The summed E-state index contributed by atoms with van der Waals surface area (Å²) >= 11 is 0. The van der Waals surface area contributed by atoms with Crippen molar-refractivity contribution in [2.75, 3.05) is 33.3 Å². The molecule has 0 aliphatic carbocycles. The lowest BCUT2D eigenvalue weighted by molar-refractivity contribution is 0.0949. The van der Waals surface area contributed by atoms with E-state index in [9.17, 15) is 9.18 Å². The molecule has 2 N–H and O–H groups in total. The van der Waals surface area contributed by atoms with Crippen LogP contribution in [0.3, 0.4) is 0 Å². The maximum Gasteiger partial charge on any atom is 0.251 e. The molecule has 5 heteroatoms. The van der Waals surface area contributed by atoms with Crippen molar-refractivity contribution in [2.45, 2.75) is 6.92 Å². The van der Waals surface area contributed by atoms with Crippen LogP contribution in [0.4, 0.5) is 4.39 Å². The zero-order chi connectivity index (χ0) is 15.0. The summed E-state index contributed by atoms with van der Waals surface area (Å²) in [6.07, 6.45) is 0. The molecule has 0 heterocycles. The smallest absolute Gasteiger partial charge is 0.251 e. The minimum atomic E-state index is -0.565. The fraction of sp³-hybridized carbons (Fsp3) is 0.400. The number of likely N-dealkylation sites (N-methyl/N-ethyl adjacent to an activating group) is 1. The molecule has 108 valence electrons. The fourth-order valence-corrected chi connectivity index (χ4v) is 1.51. The van der Waals surface area contributed by atoms with Crippen LogP contribution in [0, 0.1) is 17.7 Å². The van der Waals surface area contributed by atoms with Crippen molar-refractivity contribution in [1.82, 2.24) is 10.2 Å². The summed E-state index contributed by atoms with van der Waals surface area (Å²) < 4.78 is 13.7. The molecule has 0 unspecified atom stereocenters. The predicted molar refractivity (Wildman–Crippen MR) is 75.9 cm³/mol. The van der Waals surface area contributed by atoms with Gasteiger partial charge in [-0.1, -0.05) is 18.8 Å². The highest BCUT2D eigenvalue weighted by molar-refractivity contribution is 5.94. The molecule has 0 aliphatic heterocycles. The van der Waals surface area contributed by atoms with Gasteiger partial charge in [-0.05, 0) is 31.8 Å². The van der Waals surface area contributed by atoms with Gasteiger partial charge in [0.05, 0.1) is 5.56 Å². The van der Waals surface area contributed by atoms with Crippen LogP contribution >= 0.6 is 0 Å². The highest BCUT2D eigenvalue weighted by Crippen LogP contribution is 2.09. The Morgan fingerprint density at radius 2 is 2.25 bits per heavy atom. The van der Waals surface area contributed by atoms with E-state index in [-0.39, 0.29) is 23.6 Å². The zero-order valence-electron chi connectivity index (χ0n) is 11.7. The van der Waals surface area contributed by atoms with E-state index in [1.165, 1.54) is 12.1 Å². The number of nitrogens with zero attached hydrogens (tertiary/aromatic N) is 1. The first kappa shape index (κ1) is 16.2. The molecule has 1 amide bonds. The molecule has 0 aromatic heterocycles. The molecular weight excluding hydrogens is 259 g/mol. The third-order valence-corrected chi connectivity index (χ3v) is 2.85. The van der Waals surface area contributed by atoms with Crippen LogP contribution in [0.15, 0.2) is 18.2 Å². The summed E-state index contributed by atoms with van der Waals surface area (Å²) in [5, 5.41) is 11.3. The quantitative estimate of drug-likeness (QED) is 0.785. The van der Waals surface area contributed by atoms with Gasteiger partial charge in [-0.2, -0.15) is 0 Å². The summed E-state index contributed by atoms with van der Waals surface area (Å²) in [5.74, 6) is 3.97. The van der Waals surface area contributed by atoms with E-state index >= 15 is 0 Å². The highest BCUT2D eigenvalue weighted by atomic mass is 19.1. The Hall–Kier alpha value is -1.90. The van der Waals surface area contributed by atoms with Gasteiger partial charge < -0.3 is 15.3 Å². The number of rotatable bonds is 5. The third kappa shape index (κ3) is 5.00. The first-order chi connectivity index (χ1) is 9.58. The van der Waals surface area contributed by atoms with E-state index in [1.54, 1.807) is 0 Å². The number of nitrogens with one attached hydrogen (secondary N) is 1. The second-order valence-corrected chi connectivity index (χ2v) is 4.31. The molecule has 1 aromatic rings. The second kappa shape index (κ2) is 8.31. The molecule has 0 radical (unpaired) electrons. The van der Waals surface area contributed by atoms with E-state index in [1.807, 2.05) is 14.0 Å². The molecule has 1 aromatic carbocycles. The standard InChI is InChI=1S/C15H19FN2O2/c1-3-18(2)9-8-17-15(20)13-7-6-12(5-4-10-19)14(16)11-13/h6-7,11,19H,3,8-10H2,1-2H3,(H,17,20). The van der Waals surface area contributed by atoms with E-state index in [0.717, 1.165) is 19.2 Å². The van der Waals surface area contributed by atoms with Gasteiger partial charge in [0, 0.05) is 18.7 Å². The highest BCUT2D eigenvalue weighted by Gasteiger charge is 2.08. The van der Waals surface area contributed by atoms with Gasteiger partial charge in [-0.15, -0.1) is 0 Å². The van der Waals surface area contributed by atoms with Gasteiger partial charge in [-0.3, -0.25) is 4.79 Å². The van der Waals surface area contributed by atoms with Gasteiger partial charge in [-0.25, -0.2) is 4.39 Å². The van der Waals surface area contributed by atoms with Crippen LogP contribution in [0.5, 0.6) is 0 Å². The molecule has 20 heavy (non-hydrogen) atoms. The Kier molecular flexibility index (Phi) is 6.71. The topological polar surface area (TPSA) is 52.6 Å². The van der Waals surface area contributed by atoms with Gasteiger partial charge >= 0.3 is 0 Å². The largest absolute Gasteiger partial charge is 0.384 e. The number of benzene rings is 1. The normalized spacial score (nSPS) is 10.1. The summed E-state index contributed by atoms with van der Waals surface area (Å²) in [4.78, 5) is 13.9. The molecule has 1 rings (SSSR count). The fourth-order valence-electron chi connectivity index (χ4n) is 1.51. The van der Waals surface area contributed by atoms with Crippen LogP contribution in [0.1, 0.15) is 22.8 Å². The van der Waals surface area contributed by atoms with E-state index in [4.69, 9.17) is 5.11 Å². The van der Waals surface area contributed by atoms with Crippen molar-refractivity contribution in [3.8, 4) is 11.8 Å². The molecule has 0 atom stereocenters. The molecule has 0 saturated heterocycles. The number of carbonyl (C=O) groups is 1. The van der Waals surface area contributed by atoms with E-state index in [0.29, 0.717) is 6.54 Å². The van der Waals surface area contributed by atoms with E-state index < -0.39 is 5.82 Å². The molecule has 0 saturated carbocycles. The van der Waals surface area contributed by atoms with Crippen LogP contribution in [0.25, 0.3) is 0 Å². The molecule has 0 bridgehead atoms. The molecule has 0 fully saturated rings. The third-order valence-electron chi connectivity index (χ3n) is 2.85. The zero-order valence-corrected chi connectivity index (χ0v) is 11.7. The number of hydrogen-bond acceptors (Lipinski definition) is 3. The number of hydrogen-bond donors (Lipinski definition) is 2. The van der Waals surface area contributed by atoms with Crippen molar-refractivity contribution in [1.29, 1.82) is 0 Å². The van der Waals surface area contributed by atoms with Gasteiger partial charge in [0.25, 0.3) is 5.91 Å². The summed E-state index contributed by atoms with van der Waals surface area (Å²) in [7, 11) is 1.96. The van der Waals surface area contributed by atoms with Crippen LogP contribution in [-0.2, 0) is 0 Å². The summed E-state index contributed by atoms with van der Waals surface area (Å²) in [6, 6.07) is 4.11. The van der Waals surface area contributed by atoms with Crippen molar-refractivity contribution in [2.24, 2.45) is 0 Å². The lowest BCUT2D eigenvalue weighted by atomic mass is 10.1. The number of aliphatic hydroxyl groups excluding tert-OH is 1. The van der Waals surface area contributed by atoms with E-state index in [2.05, 4.69) is 22.1 Å². The van der Waals surface area contributed by atoms with Gasteiger partial charge in [0.2, 0.25) is 0 Å². The summed E-state index contributed by atoms with van der Waals surface area (Å²) in [6.45, 7) is 3.86. The number of aliphatic hydroxyl groups is 1. The average molecular weight is 278 g/mol. The first-order valence-electron chi connectivity index (χ1n) is 6.44. The average Bonchev–Trinajstić information content (AvgIpc) is 2.45. The molecular formula is C15H19FN2O2. The number of amides is 1. The predicted octanol–water partition coefficient (Wildman–Crippen LogP) is 0.851. The second-order valence-electron chi connectivity index (χ2n) is 4.31. The van der Waals surface area contributed by atoms with Crippen LogP contribution < -0.4 is 5.32 Å². The summed E-state index contributed by atoms with van der Waals surface area (Å²) in [5.41, 5.74) is 0.428. The maximum atomic E-state index is 13.7. The Balaban J connectivity index is 2.63. The Morgan fingerprint density at radius 1 is 1.50 bits per heavy atom. The maximum absolute atomic E-state index is 13.7. The van der Waals surface area contributed by atoms with Crippen molar-refractivity contribution in [3.63, 3.8) is 0 Å². The van der Waals surface area contributed by atoms with Gasteiger partial charge in [0.15, 0.2) is 0 Å². The van der Waals surface area contributed by atoms with Crippen molar-refractivity contribution < 1.29 is 14.3 Å². The number of halogens is 1. The van der Waals surface area contributed by atoms with Crippen molar-refractivity contribution >= 4 is 5.91 Å². The Bertz CT molecular complexity index is 520. The van der Waals surface area contributed by atoms with Gasteiger partial charge in [0.1, 0.15) is 12.4 Å². The monoisotopic (exact) mass is 278 g/mol.